The Bertz CT molecular complexity index is 868. The molecule has 26 heavy (non-hydrogen) atoms. The Labute approximate surface area is 153 Å². The monoisotopic (exact) mass is 348 g/mol. The van der Waals surface area contributed by atoms with Crippen LogP contribution in [0, 0.1) is 0 Å². The number of hydrogen-bond donors (Lipinski definition) is 2. The first kappa shape index (κ1) is 16.8. The average Bonchev–Trinajstić information content (AvgIpc) is 2.72. The quantitative estimate of drug-likeness (QED) is 0.738. The number of rotatable bonds is 5. The molecule has 0 aliphatic carbocycles. The van der Waals surface area contributed by atoms with E-state index < -0.39 is 0 Å². The van der Waals surface area contributed by atoms with Gasteiger partial charge in [-0.1, -0.05) is 42.5 Å². The van der Waals surface area contributed by atoms with Crippen LogP contribution in [0.4, 0.5) is 11.8 Å². The second-order valence-corrected chi connectivity index (χ2v) is 6.75. The lowest BCUT2D eigenvalue weighted by atomic mass is 10.0. The molecular weight excluding hydrogens is 324 g/mol. The van der Waals surface area contributed by atoms with Gasteiger partial charge in [0.1, 0.15) is 5.82 Å². The van der Waals surface area contributed by atoms with Gasteiger partial charge < -0.3 is 15.3 Å². The highest BCUT2D eigenvalue weighted by atomic mass is 16.3. The van der Waals surface area contributed by atoms with Gasteiger partial charge >= 0.3 is 0 Å². The lowest BCUT2D eigenvalue weighted by molar-refractivity contribution is 0.239. The van der Waals surface area contributed by atoms with E-state index in [-0.39, 0.29) is 12.6 Å². The van der Waals surface area contributed by atoms with Crippen LogP contribution in [0.2, 0.25) is 0 Å². The van der Waals surface area contributed by atoms with Gasteiger partial charge in [-0.25, -0.2) is 4.98 Å². The topological polar surface area (TPSA) is 61.3 Å². The Morgan fingerprint density at radius 3 is 2.65 bits per heavy atom. The average molecular weight is 348 g/mol. The molecule has 1 saturated heterocycles. The van der Waals surface area contributed by atoms with Crippen molar-refractivity contribution in [3.05, 3.63) is 60.2 Å². The number of aromatic nitrogens is 2. The van der Waals surface area contributed by atoms with Gasteiger partial charge in [0.2, 0.25) is 5.95 Å². The molecular formula is C21H24N4O. The summed E-state index contributed by atoms with van der Waals surface area (Å²) < 4.78 is 0. The highest BCUT2D eigenvalue weighted by molar-refractivity contribution is 5.90. The minimum Gasteiger partial charge on any atom is -0.394 e. The van der Waals surface area contributed by atoms with E-state index in [1.165, 1.54) is 5.56 Å². The van der Waals surface area contributed by atoms with Crippen molar-refractivity contribution in [3.63, 3.8) is 0 Å². The second kappa shape index (κ2) is 7.70. The van der Waals surface area contributed by atoms with Crippen molar-refractivity contribution in [1.29, 1.82) is 0 Å². The number of nitrogens with zero attached hydrogens (tertiary/aromatic N) is 3. The number of hydrogen-bond acceptors (Lipinski definition) is 5. The van der Waals surface area contributed by atoms with Gasteiger partial charge in [-0.3, -0.25) is 0 Å². The van der Waals surface area contributed by atoms with Crippen LogP contribution in [0.3, 0.4) is 0 Å². The van der Waals surface area contributed by atoms with Crippen molar-refractivity contribution in [3.8, 4) is 0 Å². The lowest BCUT2D eigenvalue weighted by Crippen LogP contribution is -2.43. The molecule has 5 nitrogen and oxygen atoms in total. The third kappa shape index (κ3) is 3.48. The zero-order valence-corrected chi connectivity index (χ0v) is 14.8. The molecule has 2 heterocycles. The zero-order valence-electron chi connectivity index (χ0n) is 14.8. The molecule has 1 aliphatic heterocycles. The van der Waals surface area contributed by atoms with E-state index >= 15 is 0 Å². The maximum atomic E-state index is 9.74. The SMILES string of the molecule is OCC1CCCCN1c1nc(NCc2ccccc2)c2ccccc2n1. The highest BCUT2D eigenvalue weighted by Crippen LogP contribution is 2.27. The first-order valence-electron chi connectivity index (χ1n) is 9.27. The fourth-order valence-corrected chi connectivity index (χ4v) is 3.56. The Morgan fingerprint density at radius 2 is 1.81 bits per heavy atom. The van der Waals surface area contributed by atoms with E-state index in [0.717, 1.165) is 42.5 Å². The van der Waals surface area contributed by atoms with Crippen LogP contribution >= 0.6 is 0 Å². The number of aliphatic hydroxyl groups excluding tert-OH is 1. The molecule has 1 atom stereocenters. The van der Waals surface area contributed by atoms with E-state index in [1.807, 2.05) is 42.5 Å². The van der Waals surface area contributed by atoms with E-state index in [2.05, 4.69) is 22.3 Å². The third-order valence-electron chi connectivity index (χ3n) is 4.99. The van der Waals surface area contributed by atoms with Crippen molar-refractivity contribution in [2.24, 2.45) is 0 Å². The van der Waals surface area contributed by atoms with E-state index in [4.69, 9.17) is 9.97 Å². The molecule has 4 rings (SSSR count). The zero-order chi connectivity index (χ0) is 17.8. The summed E-state index contributed by atoms with van der Waals surface area (Å²) in [6.45, 7) is 1.75. The van der Waals surface area contributed by atoms with Crippen molar-refractivity contribution in [2.75, 3.05) is 23.4 Å². The fraction of sp³-hybridized carbons (Fsp3) is 0.333. The number of benzene rings is 2. The maximum Gasteiger partial charge on any atom is 0.228 e. The van der Waals surface area contributed by atoms with Crippen LogP contribution in [0.15, 0.2) is 54.6 Å². The fourth-order valence-electron chi connectivity index (χ4n) is 3.56. The van der Waals surface area contributed by atoms with Crippen LogP contribution in [-0.4, -0.2) is 34.3 Å². The summed E-state index contributed by atoms with van der Waals surface area (Å²) >= 11 is 0. The number of anilines is 2. The largest absolute Gasteiger partial charge is 0.394 e. The second-order valence-electron chi connectivity index (χ2n) is 6.75. The molecule has 0 saturated carbocycles. The number of piperidine rings is 1. The van der Waals surface area contributed by atoms with Crippen molar-refractivity contribution >= 4 is 22.7 Å². The van der Waals surface area contributed by atoms with Gasteiger partial charge in [-0.2, -0.15) is 4.98 Å². The molecule has 1 fully saturated rings. The van der Waals surface area contributed by atoms with Crippen LogP contribution in [0.25, 0.3) is 10.9 Å². The molecule has 2 N–H and O–H groups in total. The van der Waals surface area contributed by atoms with Gasteiger partial charge in [-0.05, 0) is 37.0 Å². The molecule has 1 aromatic heterocycles. The predicted octanol–water partition coefficient (Wildman–Crippen LogP) is 3.59. The van der Waals surface area contributed by atoms with Crippen LogP contribution < -0.4 is 10.2 Å². The lowest BCUT2D eigenvalue weighted by Gasteiger charge is -2.34. The number of nitrogens with one attached hydrogen (secondary N) is 1. The maximum absolute atomic E-state index is 9.74. The number of fused-ring (bicyclic) bond motifs is 1. The smallest absolute Gasteiger partial charge is 0.228 e. The van der Waals surface area contributed by atoms with Gasteiger partial charge in [0, 0.05) is 18.5 Å². The van der Waals surface area contributed by atoms with Crippen LogP contribution in [0.5, 0.6) is 0 Å². The molecule has 134 valence electrons. The van der Waals surface area contributed by atoms with E-state index in [1.54, 1.807) is 0 Å². The Morgan fingerprint density at radius 1 is 1.00 bits per heavy atom. The minimum atomic E-state index is 0.104. The summed E-state index contributed by atoms with van der Waals surface area (Å²) in [6, 6.07) is 18.5. The summed E-state index contributed by atoms with van der Waals surface area (Å²) in [6.07, 6.45) is 3.24. The van der Waals surface area contributed by atoms with Crippen molar-refractivity contribution < 1.29 is 5.11 Å². The Balaban J connectivity index is 1.68. The van der Waals surface area contributed by atoms with E-state index in [0.29, 0.717) is 12.5 Å². The van der Waals surface area contributed by atoms with Crippen LogP contribution in [0.1, 0.15) is 24.8 Å². The van der Waals surface area contributed by atoms with Gasteiger partial charge in [0.25, 0.3) is 0 Å². The molecule has 2 aromatic carbocycles. The Kier molecular flexibility index (Phi) is 4.97. The molecule has 0 amide bonds. The summed E-state index contributed by atoms with van der Waals surface area (Å²) in [5.74, 6) is 1.55. The van der Waals surface area contributed by atoms with Crippen molar-refractivity contribution in [1.82, 2.24) is 9.97 Å². The van der Waals surface area contributed by atoms with Gasteiger partial charge in [0.05, 0.1) is 18.2 Å². The summed E-state index contributed by atoms with van der Waals surface area (Å²) in [7, 11) is 0. The Hall–Kier alpha value is -2.66. The summed E-state index contributed by atoms with van der Waals surface area (Å²) in [5, 5.41) is 14.2. The molecule has 1 aliphatic rings. The summed E-state index contributed by atoms with van der Waals surface area (Å²) in [5.41, 5.74) is 2.14. The number of para-hydroxylation sites is 1. The standard InChI is InChI=1S/C21H24N4O/c26-15-17-10-6-7-13-25(17)21-23-19-12-5-4-11-18(19)20(24-21)22-14-16-8-2-1-3-9-16/h1-5,8-9,11-12,17,26H,6-7,10,13-15H2,(H,22,23,24). The molecule has 0 radical (unpaired) electrons. The molecule has 1 unspecified atom stereocenters. The first-order valence-corrected chi connectivity index (χ1v) is 9.27. The van der Waals surface area contributed by atoms with Crippen LogP contribution in [-0.2, 0) is 6.54 Å². The van der Waals surface area contributed by atoms with Gasteiger partial charge in [-0.15, -0.1) is 0 Å². The predicted molar refractivity (Wildman–Crippen MR) is 105 cm³/mol. The van der Waals surface area contributed by atoms with Crippen molar-refractivity contribution in [2.45, 2.75) is 31.8 Å². The minimum absolute atomic E-state index is 0.104. The highest BCUT2D eigenvalue weighted by Gasteiger charge is 2.24. The molecule has 0 bridgehead atoms. The molecule has 0 spiro atoms. The molecule has 3 aromatic rings. The van der Waals surface area contributed by atoms with Gasteiger partial charge in [0.15, 0.2) is 0 Å². The third-order valence-corrected chi connectivity index (χ3v) is 4.99. The summed E-state index contributed by atoms with van der Waals surface area (Å²) in [4.78, 5) is 11.8. The van der Waals surface area contributed by atoms with E-state index in [9.17, 15) is 5.11 Å². The number of aliphatic hydroxyl groups is 1. The normalized spacial score (nSPS) is 17.4. The molecule has 5 heteroatoms. The first-order chi connectivity index (χ1) is 12.8.